The second kappa shape index (κ2) is 6.88. The molecular formula is C17H13N3OS3. The van der Waals surface area contributed by atoms with Crippen LogP contribution in [0.2, 0.25) is 0 Å². The third-order valence-electron chi connectivity index (χ3n) is 3.39. The van der Waals surface area contributed by atoms with Crippen molar-refractivity contribution >= 4 is 39.4 Å². The highest BCUT2D eigenvalue weighted by atomic mass is 32.2. The van der Waals surface area contributed by atoms with Crippen LogP contribution in [0.4, 0.5) is 0 Å². The number of thiophene rings is 1. The van der Waals surface area contributed by atoms with E-state index in [2.05, 4.69) is 22.2 Å². The second-order valence-electron chi connectivity index (χ2n) is 5.14. The van der Waals surface area contributed by atoms with Gasteiger partial charge in [0.15, 0.2) is 5.01 Å². The van der Waals surface area contributed by atoms with Gasteiger partial charge in [0.2, 0.25) is 4.96 Å². The molecule has 0 aliphatic rings. The number of fused-ring (bicyclic) bond motifs is 1. The molecule has 3 aromatic heterocycles. The summed E-state index contributed by atoms with van der Waals surface area (Å²) in [7, 11) is 0. The van der Waals surface area contributed by atoms with Gasteiger partial charge in [-0.1, -0.05) is 47.7 Å². The summed E-state index contributed by atoms with van der Waals surface area (Å²) >= 11 is 4.83. The zero-order chi connectivity index (χ0) is 16.4. The van der Waals surface area contributed by atoms with Crippen LogP contribution in [0, 0.1) is 0 Å². The van der Waals surface area contributed by atoms with E-state index in [9.17, 15) is 4.79 Å². The number of benzene rings is 1. The molecule has 0 radical (unpaired) electrons. The molecule has 0 aliphatic carbocycles. The Balaban J connectivity index is 1.55. The van der Waals surface area contributed by atoms with E-state index in [0.717, 1.165) is 21.3 Å². The lowest BCUT2D eigenvalue weighted by atomic mass is 10.2. The van der Waals surface area contributed by atoms with Crippen molar-refractivity contribution in [1.29, 1.82) is 0 Å². The first-order valence-electron chi connectivity index (χ1n) is 7.35. The van der Waals surface area contributed by atoms with Gasteiger partial charge >= 0.3 is 0 Å². The van der Waals surface area contributed by atoms with Gasteiger partial charge in [0, 0.05) is 17.6 Å². The van der Waals surface area contributed by atoms with Gasteiger partial charge in [0.05, 0.1) is 10.6 Å². The maximum absolute atomic E-state index is 12.3. The van der Waals surface area contributed by atoms with Gasteiger partial charge < -0.3 is 0 Å². The van der Waals surface area contributed by atoms with Gasteiger partial charge in [-0.25, -0.2) is 4.98 Å². The van der Waals surface area contributed by atoms with Gasteiger partial charge in [0.1, 0.15) is 0 Å². The van der Waals surface area contributed by atoms with Gasteiger partial charge in [-0.3, -0.25) is 4.79 Å². The highest BCUT2D eigenvalue weighted by molar-refractivity contribution is 7.97. The molecule has 0 amide bonds. The van der Waals surface area contributed by atoms with Gasteiger partial charge in [-0.15, -0.1) is 11.3 Å². The molecule has 1 aromatic carbocycles. The molecule has 0 atom stereocenters. The summed E-state index contributed by atoms with van der Waals surface area (Å²) in [5, 5.41) is 7.23. The lowest BCUT2D eigenvalue weighted by Crippen LogP contribution is -2.15. The molecule has 24 heavy (non-hydrogen) atoms. The van der Waals surface area contributed by atoms with Gasteiger partial charge in [0.25, 0.3) is 5.56 Å². The van der Waals surface area contributed by atoms with Crippen LogP contribution in [0.1, 0.15) is 11.3 Å². The average Bonchev–Trinajstić information content (AvgIpc) is 3.25. The summed E-state index contributed by atoms with van der Waals surface area (Å²) < 4.78 is 1.39. The maximum atomic E-state index is 12.3. The number of hydrogen-bond donors (Lipinski definition) is 0. The number of hydrogen-bond acceptors (Lipinski definition) is 6. The fourth-order valence-corrected chi connectivity index (χ4v) is 4.88. The zero-order valence-corrected chi connectivity index (χ0v) is 15.0. The molecule has 0 spiro atoms. The lowest BCUT2D eigenvalue weighted by Gasteiger charge is -2.01. The van der Waals surface area contributed by atoms with Crippen LogP contribution < -0.4 is 5.56 Å². The third-order valence-corrected chi connectivity index (χ3v) is 6.38. The van der Waals surface area contributed by atoms with E-state index in [1.54, 1.807) is 29.2 Å². The summed E-state index contributed by atoms with van der Waals surface area (Å²) in [5.41, 5.74) is 1.97. The van der Waals surface area contributed by atoms with Crippen molar-refractivity contribution in [1.82, 2.24) is 14.6 Å². The van der Waals surface area contributed by atoms with E-state index in [4.69, 9.17) is 0 Å². The average molecular weight is 372 g/mol. The normalized spacial score (nSPS) is 11.2. The summed E-state index contributed by atoms with van der Waals surface area (Å²) in [6.45, 7) is 0. The minimum Gasteiger partial charge on any atom is -0.267 e. The molecule has 3 heterocycles. The van der Waals surface area contributed by atoms with Crippen molar-refractivity contribution in [3.63, 3.8) is 0 Å². The molecule has 4 nitrogen and oxygen atoms in total. The minimum atomic E-state index is -0.116. The first-order valence-corrected chi connectivity index (χ1v) is 10.2. The third kappa shape index (κ3) is 3.28. The molecule has 120 valence electrons. The summed E-state index contributed by atoms with van der Waals surface area (Å²) in [6, 6.07) is 15.9. The second-order valence-corrected chi connectivity index (χ2v) is 8.03. The molecule has 0 saturated heterocycles. The topological polar surface area (TPSA) is 47.3 Å². The number of rotatable bonds is 5. The van der Waals surface area contributed by atoms with E-state index in [1.165, 1.54) is 21.4 Å². The summed E-state index contributed by atoms with van der Waals surface area (Å²) in [4.78, 5) is 18.6. The van der Waals surface area contributed by atoms with Crippen molar-refractivity contribution < 1.29 is 0 Å². The minimum absolute atomic E-state index is 0.116. The number of thioether (sulfide) groups is 1. The molecule has 7 heteroatoms. The largest absolute Gasteiger partial charge is 0.275 e. The monoisotopic (exact) mass is 371 g/mol. The van der Waals surface area contributed by atoms with E-state index in [-0.39, 0.29) is 5.56 Å². The molecular weight excluding hydrogens is 358 g/mol. The van der Waals surface area contributed by atoms with Crippen LogP contribution in [0.3, 0.4) is 0 Å². The molecule has 0 fully saturated rings. The molecule has 0 bridgehead atoms. The predicted molar refractivity (Wildman–Crippen MR) is 102 cm³/mol. The Morgan fingerprint density at radius 3 is 2.75 bits per heavy atom. The molecule has 4 aromatic rings. The van der Waals surface area contributed by atoms with Crippen LogP contribution in [0.25, 0.3) is 14.8 Å². The Labute approximate surface area is 150 Å². The summed E-state index contributed by atoms with van der Waals surface area (Å²) in [6.07, 6.45) is 0. The van der Waals surface area contributed by atoms with Crippen LogP contribution in [-0.4, -0.2) is 14.6 Å². The van der Waals surface area contributed by atoms with Crippen molar-refractivity contribution in [2.75, 3.05) is 0 Å². The van der Waals surface area contributed by atoms with E-state index in [1.807, 2.05) is 35.7 Å². The van der Waals surface area contributed by atoms with Crippen molar-refractivity contribution in [3.8, 4) is 9.88 Å². The fraction of sp³-hybridized carbons (Fsp3) is 0.118. The number of nitrogens with zero attached hydrogens (tertiary/aromatic N) is 3. The van der Waals surface area contributed by atoms with E-state index < -0.39 is 0 Å². The maximum Gasteiger partial charge on any atom is 0.275 e. The zero-order valence-electron chi connectivity index (χ0n) is 12.6. The predicted octanol–water partition coefficient (Wildman–Crippen LogP) is 4.31. The van der Waals surface area contributed by atoms with Crippen LogP contribution in [0.15, 0.2) is 58.7 Å². The van der Waals surface area contributed by atoms with E-state index >= 15 is 0 Å². The quantitative estimate of drug-likeness (QED) is 0.524. The van der Waals surface area contributed by atoms with Crippen LogP contribution >= 0.6 is 34.4 Å². The first-order chi connectivity index (χ1) is 11.8. The SMILES string of the molecule is O=c1cc(CSCc2ccccc2)nc2sc(-c3cccs3)nn12. The Hall–Kier alpha value is -1.96. The Morgan fingerprint density at radius 1 is 1.08 bits per heavy atom. The van der Waals surface area contributed by atoms with Crippen molar-refractivity contribution in [2.45, 2.75) is 11.5 Å². The van der Waals surface area contributed by atoms with Crippen LogP contribution in [0.5, 0.6) is 0 Å². The van der Waals surface area contributed by atoms with E-state index in [0.29, 0.717) is 10.7 Å². The highest BCUT2D eigenvalue weighted by Crippen LogP contribution is 2.28. The Bertz CT molecular complexity index is 1010. The smallest absolute Gasteiger partial charge is 0.267 e. The van der Waals surface area contributed by atoms with Crippen LogP contribution in [-0.2, 0) is 11.5 Å². The molecule has 0 aliphatic heterocycles. The highest BCUT2D eigenvalue weighted by Gasteiger charge is 2.11. The first kappa shape index (κ1) is 15.6. The molecule has 0 saturated carbocycles. The van der Waals surface area contributed by atoms with Gasteiger partial charge in [-0.2, -0.15) is 21.4 Å². The molecule has 0 N–H and O–H groups in total. The molecule has 4 rings (SSSR count). The number of aromatic nitrogens is 3. The Kier molecular flexibility index (Phi) is 4.46. The standard InChI is InChI=1S/C17H13N3OS3/c21-15-9-13(11-22-10-12-5-2-1-3-6-12)18-17-20(15)19-16(24-17)14-7-4-8-23-14/h1-9H,10-11H2. The Morgan fingerprint density at radius 2 is 1.96 bits per heavy atom. The molecule has 0 unspecified atom stereocenters. The summed E-state index contributed by atoms with van der Waals surface area (Å²) in [5.74, 6) is 1.62. The fourth-order valence-electron chi connectivity index (χ4n) is 2.28. The van der Waals surface area contributed by atoms with Gasteiger partial charge in [-0.05, 0) is 17.0 Å². The van der Waals surface area contributed by atoms with Crippen molar-refractivity contribution in [3.05, 3.63) is 75.5 Å². The lowest BCUT2D eigenvalue weighted by molar-refractivity contribution is 0.893. The van der Waals surface area contributed by atoms with Crippen molar-refractivity contribution in [2.24, 2.45) is 0 Å².